The molecule has 2 amide bonds. The maximum absolute atomic E-state index is 12.9. The third-order valence-corrected chi connectivity index (χ3v) is 6.35. The molecule has 2 aliphatic rings. The number of nitrogens with zero attached hydrogens (tertiary/aromatic N) is 6. The van der Waals surface area contributed by atoms with E-state index in [9.17, 15) is 9.59 Å². The van der Waals surface area contributed by atoms with E-state index >= 15 is 0 Å². The van der Waals surface area contributed by atoms with E-state index < -0.39 is 0 Å². The molecule has 0 unspecified atom stereocenters. The van der Waals surface area contributed by atoms with Gasteiger partial charge in [-0.2, -0.15) is 5.10 Å². The lowest BCUT2D eigenvalue weighted by Gasteiger charge is -2.25. The van der Waals surface area contributed by atoms with Gasteiger partial charge in [0.15, 0.2) is 0 Å². The molecule has 0 aromatic carbocycles. The lowest BCUT2D eigenvalue weighted by molar-refractivity contribution is -0.132. The molecule has 2 saturated heterocycles. The number of amides is 2. The zero-order valence-electron chi connectivity index (χ0n) is 17.6. The van der Waals surface area contributed by atoms with Gasteiger partial charge in [-0.1, -0.05) is 0 Å². The normalized spacial score (nSPS) is 21.2. The summed E-state index contributed by atoms with van der Waals surface area (Å²) in [7, 11) is 1.93. The Balaban J connectivity index is 1.40. The van der Waals surface area contributed by atoms with Gasteiger partial charge in [0.05, 0.1) is 41.9 Å². The van der Waals surface area contributed by atoms with Gasteiger partial charge in [-0.3, -0.25) is 24.2 Å². The van der Waals surface area contributed by atoms with Gasteiger partial charge < -0.3 is 9.80 Å². The fourth-order valence-electron chi connectivity index (χ4n) is 4.67. The molecule has 8 heteroatoms. The number of hydrogen-bond acceptors (Lipinski definition) is 5. The Bertz CT molecular complexity index is 935. The van der Waals surface area contributed by atoms with E-state index in [0.29, 0.717) is 32.4 Å². The Kier molecular flexibility index (Phi) is 5.10. The van der Waals surface area contributed by atoms with Gasteiger partial charge in [-0.25, -0.2) is 0 Å². The number of hydrogen-bond donors (Lipinski definition) is 0. The molecular formula is C21H28N6O2. The molecule has 2 aromatic rings. The van der Waals surface area contributed by atoms with Gasteiger partial charge in [0.25, 0.3) is 0 Å². The van der Waals surface area contributed by atoms with E-state index in [1.165, 1.54) is 0 Å². The van der Waals surface area contributed by atoms with Crippen molar-refractivity contribution < 1.29 is 9.59 Å². The minimum absolute atomic E-state index is 0.0236. The summed E-state index contributed by atoms with van der Waals surface area (Å²) in [5.74, 6) is 0.226. The van der Waals surface area contributed by atoms with E-state index in [2.05, 4.69) is 15.1 Å². The first-order valence-corrected chi connectivity index (χ1v) is 10.2. The van der Waals surface area contributed by atoms with Crippen LogP contribution in [0.4, 0.5) is 0 Å². The predicted molar refractivity (Wildman–Crippen MR) is 107 cm³/mol. The molecule has 4 rings (SSSR count). The van der Waals surface area contributed by atoms with E-state index in [1.54, 1.807) is 12.4 Å². The molecule has 2 fully saturated rings. The van der Waals surface area contributed by atoms with Crippen LogP contribution in [0.2, 0.25) is 0 Å². The van der Waals surface area contributed by atoms with Crippen molar-refractivity contribution >= 4 is 11.8 Å². The number of likely N-dealkylation sites (tertiary alicyclic amines) is 2. The molecule has 8 nitrogen and oxygen atoms in total. The Hall–Kier alpha value is -2.77. The molecule has 0 aliphatic carbocycles. The molecule has 2 aromatic heterocycles. The molecule has 2 atom stereocenters. The lowest BCUT2D eigenvalue weighted by Crippen LogP contribution is -2.39. The van der Waals surface area contributed by atoms with Crippen molar-refractivity contribution in [3.8, 4) is 0 Å². The fourth-order valence-corrected chi connectivity index (χ4v) is 4.67. The van der Waals surface area contributed by atoms with Crippen molar-refractivity contribution in [2.24, 2.45) is 7.05 Å². The minimum atomic E-state index is -0.0236. The summed E-state index contributed by atoms with van der Waals surface area (Å²) in [4.78, 5) is 38.0. The average molecular weight is 396 g/mol. The zero-order valence-corrected chi connectivity index (χ0v) is 17.6. The second-order valence-corrected chi connectivity index (χ2v) is 8.16. The van der Waals surface area contributed by atoms with Crippen LogP contribution in [-0.2, 0) is 29.6 Å². The lowest BCUT2D eigenvalue weighted by atomic mass is 10.1. The minimum Gasteiger partial charge on any atom is -0.337 e. The monoisotopic (exact) mass is 396 g/mol. The third-order valence-electron chi connectivity index (χ3n) is 6.35. The largest absolute Gasteiger partial charge is 0.337 e. The Morgan fingerprint density at radius 2 is 1.97 bits per heavy atom. The van der Waals surface area contributed by atoms with E-state index in [1.807, 2.05) is 42.3 Å². The molecule has 0 bridgehead atoms. The van der Waals surface area contributed by atoms with Gasteiger partial charge in [0.1, 0.15) is 0 Å². The van der Waals surface area contributed by atoms with Gasteiger partial charge in [-0.05, 0) is 39.2 Å². The van der Waals surface area contributed by atoms with Crippen LogP contribution in [0.1, 0.15) is 47.6 Å². The van der Waals surface area contributed by atoms with Crippen LogP contribution in [0.5, 0.6) is 0 Å². The number of aryl methyl sites for hydroxylation is 3. The quantitative estimate of drug-likeness (QED) is 0.764. The second kappa shape index (κ2) is 7.57. The van der Waals surface area contributed by atoms with Gasteiger partial charge in [0, 0.05) is 38.3 Å². The standard InChI is InChI=1S/C21H28N6O2/c1-13-10-23-16(11-22-13)12-27-18-7-8-26(19(18)9-21(27)29)20(28)6-5-17-14(2)24-25(4)15(17)3/h10-11,18-19H,5-9,12H2,1-4H3/t18-,19-/m0/s1. The number of rotatable bonds is 5. The SMILES string of the molecule is Cc1cnc(CN2C(=O)C[C@H]3[C@@H]2CCN3C(=O)CCc2c(C)nn(C)c2C)cn1. The summed E-state index contributed by atoms with van der Waals surface area (Å²) in [6.45, 7) is 7.09. The molecule has 0 saturated carbocycles. The predicted octanol–water partition coefficient (Wildman–Crippen LogP) is 1.47. The van der Waals surface area contributed by atoms with Crippen LogP contribution in [0.3, 0.4) is 0 Å². The van der Waals surface area contributed by atoms with Crippen LogP contribution in [0.15, 0.2) is 12.4 Å². The third kappa shape index (κ3) is 3.63. The Morgan fingerprint density at radius 3 is 2.62 bits per heavy atom. The molecular weight excluding hydrogens is 368 g/mol. The first-order chi connectivity index (χ1) is 13.8. The first-order valence-electron chi connectivity index (χ1n) is 10.2. The number of aromatic nitrogens is 4. The Morgan fingerprint density at radius 1 is 1.17 bits per heavy atom. The van der Waals surface area contributed by atoms with Crippen LogP contribution < -0.4 is 0 Å². The van der Waals surface area contributed by atoms with Crippen LogP contribution in [0, 0.1) is 20.8 Å². The van der Waals surface area contributed by atoms with Crippen molar-refractivity contribution in [2.45, 2.75) is 65.1 Å². The van der Waals surface area contributed by atoms with E-state index in [4.69, 9.17) is 0 Å². The highest BCUT2D eigenvalue weighted by Gasteiger charge is 2.48. The molecule has 0 radical (unpaired) electrons. The van der Waals surface area contributed by atoms with Gasteiger partial charge in [-0.15, -0.1) is 0 Å². The number of carbonyl (C=O) groups is 2. The highest BCUT2D eigenvalue weighted by Crippen LogP contribution is 2.34. The highest BCUT2D eigenvalue weighted by atomic mass is 16.2. The molecule has 29 heavy (non-hydrogen) atoms. The molecule has 4 heterocycles. The van der Waals surface area contributed by atoms with Crippen molar-refractivity contribution in [2.75, 3.05) is 6.54 Å². The van der Waals surface area contributed by atoms with Crippen molar-refractivity contribution in [1.82, 2.24) is 29.5 Å². The van der Waals surface area contributed by atoms with Gasteiger partial charge in [0.2, 0.25) is 11.8 Å². The maximum Gasteiger partial charge on any atom is 0.225 e. The summed E-state index contributed by atoms with van der Waals surface area (Å²) < 4.78 is 1.86. The summed E-state index contributed by atoms with van der Waals surface area (Å²) in [6.07, 6.45) is 5.82. The smallest absolute Gasteiger partial charge is 0.225 e. The second-order valence-electron chi connectivity index (χ2n) is 8.16. The van der Waals surface area contributed by atoms with Gasteiger partial charge >= 0.3 is 0 Å². The molecule has 2 aliphatic heterocycles. The van der Waals surface area contributed by atoms with Crippen molar-refractivity contribution in [3.05, 3.63) is 40.7 Å². The van der Waals surface area contributed by atoms with Crippen molar-refractivity contribution in [1.29, 1.82) is 0 Å². The number of carbonyl (C=O) groups excluding carboxylic acids is 2. The van der Waals surface area contributed by atoms with Crippen LogP contribution >= 0.6 is 0 Å². The Labute approximate surface area is 170 Å². The fraction of sp³-hybridized carbons (Fsp3) is 0.571. The molecule has 154 valence electrons. The zero-order chi connectivity index (χ0) is 20.7. The van der Waals surface area contributed by atoms with E-state index in [-0.39, 0.29) is 23.9 Å². The summed E-state index contributed by atoms with van der Waals surface area (Å²) in [5, 5.41) is 4.43. The summed E-state index contributed by atoms with van der Waals surface area (Å²) >= 11 is 0. The first kappa shape index (κ1) is 19.5. The molecule has 0 N–H and O–H groups in total. The molecule has 0 spiro atoms. The summed E-state index contributed by atoms with van der Waals surface area (Å²) in [6, 6.07) is 0.0564. The number of fused-ring (bicyclic) bond motifs is 1. The highest BCUT2D eigenvalue weighted by molar-refractivity contribution is 5.83. The van der Waals surface area contributed by atoms with Crippen molar-refractivity contribution in [3.63, 3.8) is 0 Å². The van der Waals surface area contributed by atoms with Crippen LogP contribution in [-0.4, -0.2) is 60.0 Å². The average Bonchev–Trinajstić information content (AvgIpc) is 3.29. The van der Waals surface area contributed by atoms with E-state index in [0.717, 1.165) is 34.8 Å². The van der Waals surface area contributed by atoms with Crippen LogP contribution in [0.25, 0.3) is 0 Å². The topological polar surface area (TPSA) is 84.2 Å². The maximum atomic E-state index is 12.9. The summed E-state index contributed by atoms with van der Waals surface area (Å²) in [5.41, 5.74) is 4.89.